The van der Waals surface area contributed by atoms with Crippen molar-refractivity contribution in [1.29, 1.82) is 0 Å². The van der Waals surface area contributed by atoms with Crippen molar-refractivity contribution in [3.05, 3.63) is 63.1 Å². The number of fused-ring (bicyclic) bond motifs is 7. The molecule has 1 N–H and O–H groups in total. The molecule has 0 spiro atoms. The Kier molecular flexibility index (Phi) is 4.14. The predicted molar refractivity (Wildman–Crippen MR) is 108 cm³/mol. The molecule has 3 aliphatic rings. The zero-order valence-electron chi connectivity index (χ0n) is 15.0. The summed E-state index contributed by atoms with van der Waals surface area (Å²) in [6, 6.07) is 12.1. The highest BCUT2D eigenvalue weighted by molar-refractivity contribution is 6.42. The lowest BCUT2D eigenvalue weighted by Gasteiger charge is -2.43. The molecule has 27 heavy (non-hydrogen) atoms. The van der Waals surface area contributed by atoms with Crippen LogP contribution in [0.2, 0.25) is 10.0 Å². The third-order valence-electron chi connectivity index (χ3n) is 6.81. The number of hydrogen-bond donors (Lipinski definition) is 1. The first kappa shape index (κ1) is 17.4. The van der Waals surface area contributed by atoms with Crippen molar-refractivity contribution >= 4 is 34.9 Å². The lowest BCUT2D eigenvalue weighted by Crippen LogP contribution is -2.35. The van der Waals surface area contributed by atoms with E-state index in [1.165, 1.54) is 37.5 Å². The van der Waals surface area contributed by atoms with Crippen molar-refractivity contribution in [3.63, 3.8) is 0 Å². The van der Waals surface area contributed by atoms with Crippen molar-refractivity contribution in [1.82, 2.24) is 0 Å². The van der Waals surface area contributed by atoms with Crippen LogP contribution in [0, 0.1) is 17.8 Å². The van der Waals surface area contributed by atoms with Gasteiger partial charge < -0.3 is 10.1 Å². The molecule has 0 unspecified atom stereocenters. The number of anilines is 1. The van der Waals surface area contributed by atoms with Gasteiger partial charge in [0.15, 0.2) is 0 Å². The number of esters is 1. The van der Waals surface area contributed by atoms with Gasteiger partial charge in [-0.05, 0) is 84.4 Å². The molecule has 1 heterocycles. The van der Waals surface area contributed by atoms with Crippen LogP contribution >= 0.6 is 23.2 Å². The van der Waals surface area contributed by atoms with E-state index in [1.807, 2.05) is 30.3 Å². The first-order valence-corrected chi connectivity index (χ1v) is 10.3. The maximum Gasteiger partial charge on any atom is 0.337 e. The summed E-state index contributed by atoms with van der Waals surface area (Å²) < 4.78 is 4.93. The van der Waals surface area contributed by atoms with Crippen LogP contribution in [0.15, 0.2) is 36.4 Å². The quantitative estimate of drug-likeness (QED) is 0.619. The lowest BCUT2D eigenvalue weighted by molar-refractivity contribution is 0.0600. The van der Waals surface area contributed by atoms with Gasteiger partial charge in [-0.3, -0.25) is 0 Å². The molecule has 2 bridgehead atoms. The van der Waals surface area contributed by atoms with Gasteiger partial charge in [0.1, 0.15) is 0 Å². The minimum atomic E-state index is -0.274. The third-order valence-corrected chi connectivity index (χ3v) is 7.55. The van der Waals surface area contributed by atoms with E-state index in [1.54, 1.807) is 0 Å². The number of methoxy groups -OCH3 is 1. The van der Waals surface area contributed by atoms with Crippen molar-refractivity contribution in [2.75, 3.05) is 12.4 Å². The maximum absolute atomic E-state index is 12.0. The zero-order valence-corrected chi connectivity index (χ0v) is 16.6. The Labute approximate surface area is 169 Å². The summed E-state index contributed by atoms with van der Waals surface area (Å²) in [6.45, 7) is 0. The van der Waals surface area contributed by atoms with Gasteiger partial charge >= 0.3 is 5.97 Å². The topological polar surface area (TPSA) is 38.3 Å². The first-order chi connectivity index (χ1) is 13.1. The number of rotatable bonds is 2. The summed E-state index contributed by atoms with van der Waals surface area (Å²) in [5.41, 5.74) is 4.21. The Morgan fingerprint density at radius 1 is 1.07 bits per heavy atom. The first-order valence-electron chi connectivity index (χ1n) is 9.50. The minimum Gasteiger partial charge on any atom is -0.465 e. The maximum atomic E-state index is 12.0. The van der Waals surface area contributed by atoms with Gasteiger partial charge in [0, 0.05) is 5.69 Å². The van der Waals surface area contributed by atoms with Crippen molar-refractivity contribution in [3.8, 4) is 0 Å². The summed E-state index contributed by atoms with van der Waals surface area (Å²) in [4.78, 5) is 12.0. The second-order valence-corrected chi connectivity index (χ2v) is 8.84. The molecule has 2 aromatic rings. The Balaban J connectivity index is 1.61. The van der Waals surface area contributed by atoms with E-state index >= 15 is 0 Å². The normalized spacial score (nSPS) is 30.4. The molecule has 0 saturated heterocycles. The van der Waals surface area contributed by atoms with Crippen molar-refractivity contribution in [2.45, 2.75) is 31.2 Å². The van der Waals surface area contributed by atoms with Crippen molar-refractivity contribution in [2.24, 2.45) is 17.8 Å². The predicted octanol–water partition coefficient (Wildman–Crippen LogP) is 6.08. The summed E-state index contributed by atoms with van der Waals surface area (Å²) in [7, 11) is 1.43. The van der Waals surface area contributed by atoms with E-state index in [0.29, 0.717) is 39.3 Å². The summed E-state index contributed by atoms with van der Waals surface area (Å²) in [6.07, 6.45) is 3.84. The fourth-order valence-corrected chi connectivity index (χ4v) is 6.07. The van der Waals surface area contributed by atoms with Gasteiger partial charge in [-0.1, -0.05) is 29.3 Å². The number of benzene rings is 2. The Morgan fingerprint density at radius 3 is 2.67 bits per heavy atom. The van der Waals surface area contributed by atoms with E-state index in [2.05, 4.69) is 11.4 Å². The second-order valence-electron chi connectivity index (χ2n) is 8.03. The summed E-state index contributed by atoms with van der Waals surface area (Å²) in [5.74, 6) is 2.12. The minimum absolute atomic E-state index is 0.219. The van der Waals surface area contributed by atoms with Crippen molar-refractivity contribution < 1.29 is 9.53 Å². The molecule has 0 radical (unpaired) electrons. The van der Waals surface area contributed by atoms with Crippen LogP contribution in [-0.2, 0) is 4.74 Å². The SMILES string of the molecule is COC(=O)c1ccc2c(c1)[C@H]1[C@@H]3CC[C@@H](C3)[C@H]1[C@H](c1ccc(Cl)c(Cl)c1)N2. The Bertz CT molecular complexity index is 929. The van der Waals surface area contributed by atoms with Crippen LogP contribution in [0.1, 0.15) is 52.7 Å². The molecule has 2 aromatic carbocycles. The Hall–Kier alpha value is -1.71. The highest BCUT2D eigenvalue weighted by Gasteiger charge is 2.53. The van der Waals surface area contributed by atoms with E-state index in [0.717, 1.165) is 5.69 Å². The van der Waals surface area contributed by atoms with Gasteiger partial charge in [0.05, 0.1) is 28.8 Å². The van der Waals surface area contributed by atoms with Gasteiger partial charge in [0.2, 0.25) is 0 Å². The number of halogens is 2. The molecule has 2 aliphatic carbocycles. The lowest BCUT2D eigenvalue weighted by atomic mass is 9.68. The van der Waals surface area contributed by atoms with Gasteiger partial charge in [-0.25, -0.2) is 4.79 Å². The van der Waals surface area contributed by atoms with Gasteiger partial charge in [-0.2, -0.15) is 0 Å². The van der Waals surface area contributed by atoms with E-state index in [-0.39, 0.29) is 12.0 Å². The number of ether oxygens (including phenoxy) is 1. The molecule has 0 aromatic heterocycles. The molecule has 3 nitrogen and oxygen atoms in total. The molecule has 0 amide bonds. The van der Waals surface area contributed by atoms with Gasteiger partial charge in [0.25, 0.3) is 0 Å². The standard InChI is InChI=1S/C22H21Cl2NO2/c1-27-22(26)14-5-7-18-15(9-14)19-11-2-3-12(8-11)20(19)21(25-18)13-4-6-16(23)17(24)10-13/h4-7,9-12,19-21,25H,2-3,8H2,1H3/t11-,12+,19-,20-,21+/m1/s1. The van der Waals surface area contributed by atoms with Crippen LogP contribution in [0.4, 0.5) is 5.69 Å². The summed E-state index contributed by atoms with van der Waals surface area (Å²) in [5, 5.41) is 4.93. The fraction of sp³-hybridized carbons (Fsp3) is 0.409. The third kappa shape index (κ3) is 2.67. The average molecular weight is 402 g/mol. The zero-order chi connectivity index (χ0) is 18.7. The number of hydrogen-bond acceptors (Lipinski definition) is 3. The molecule has 5 rings (SSSR count). The Morgan fingerprint density at radius 2 is 1.89 bits per heavy atom. The number of carbonyl (C=O) groups is 1. The monoisotopic (exact) mass is 401 g/mol. The molecule has 5 atom stereocenters. The van der Waals surface area contributed by atoms with Gasteiger partial charge in [-0.15, -0.1) is 0 Å². The van der Waals surface area contributed by atoms with E-state index in [4.69, 9.17) is 27.9 Å². The average Bonchev–Trinajstić information content (AvgIpc) is 3.31. The van der Waals surface area contributed by atoms with E-state index < -0.39 is 0 Å². The summed E-state index contributed by atoms with van der Waals surface area (Å²) >= 11 is 12.5. The smallest absolute Gasteiger partial charge is 0.337 e. The molecule has 2 saturated carbocycles. The largest absolute Gasteiger partial charge is 0.465 e. The van der Waals surface area contributed by atoms with Crippen LogP contribution in [0.3, 0.4) is 0 Å². The highest BCUT2D eigenvalue weighted by Crippen LogP contribution is 2.63. The van der Waals surface area contributed by atoms with E-state index in [9.17, 15) is 4.79 Å². The van der Waals surface area contributed by atoms with Crippen LogP contribution in [0.25, 0.3) is 0 Å². The molecular weight excluding hydrogens is 381 g/mol. The number of nitrogens with one attached hydrogen (secondary N) is 1. The van der Waals surface area contributed by atoms with Crippen LogP contribution in [-0.4, -0.2) is 13.1 Å². The number of carbonyl (C=O) groups excluding carboxylic acids is 1. The van der Waals surface area contributed by atoms with Crippen LogP contribution < -0.4 is 5.32 Å². The molecule has 5 heteroatoms. The molecule has 140 valence electrons. The molecule has 2 fully saturated rings. The second kappa shape index (κ2) is 6.42. The molecular formula is C22H21Cl2NO2. The highest BCUT2D eigenvalue weighted by atomic mass is 35.5. The van der Waals surface area contributed by atoms with Crippen LogP contribution in [0.5, 0.6) is 0 Å². The fourth-order valence-electron chi connectivity index (χ4n) is 5.77. The molecule has 1 aliphatic heterocycles.